The van der Waals surface area contributed by atoms with Crippen LogP contribution < -0.4 is 11.1 Å². The van der Waals surface area contributed by atoms with Crippen LogP contribution in [0.25, 0.3) is 0 Å². The lowest BCUT2D eigenvalue weighted by Crippen LogP contribution is -2.28. The van der Waals surface area contributed by atoms with Crippen LogP contribution in [0.5, 0.6) is 0 Å². The third-order valence-corrected chi connectivity index (χ3v) is 4.20. The van der Waals surface area contributed by atoms with Gasteiger partial charge in [-0.2, -0.15) is 0 Å². The molecule has 0 amide bonds. The Labute approximate surface area is 130 Å². The first-order valence-electron chi connectivity index (χ1n) is 7.20. The van der Waals surface area contributed by atoms with Crippen LogP contribution in [0.15, 0.2) is 17.0 Å². The lowest BCUT2D eigenvalue weighted by Gasteiger charge is -2.19. The Hall–Kier alpha value is -1.47. The minimum absolute atomic E-state index is 0.0409. The van der Waals surface area contributed by atoms with Gasteiger partial charge >= 0.3 is 0 Å². The second-order valence-corrected chi connectivity index (χ2v) is 5.86. The molecular formula is C14H24N4O2S. The van der Waals surface area contributed by atoms with Gasteiger partial charge in [-0.15, -0.1) is 11.8 Å². The molecule has 21 heavy (non-hydrogen) atoms. The van der Waals surface area contributed by atoms with Crippen molar-refractivity contribution in [3.8, 4) is 0 Å². The van der Waals surface area contributed by atoms with Crippen LogP contribution in [-0.4, -0.2) is 41.8 Å². The first-order chi connectivity index (χ1) is 10.0. The number of nitro groups is 1. The van der Waals surface area contributed by atoms with Crippen LogP contribution in [0.4, 0.5) is 17.1 Å². The van der Waals surface area contributed by atoms with Crippen LogP contribution in [0.2, 0.25) is 0 Å². The van der Waals surface area contributed by atoms with Crippen molar-refractivity contribution in [2.45, 2.75) is 25.7 Å². The summed E-state index contributed by atoms with van der Waals surface area (Å²) in [5.41, 5.74) is 6.71. The molecule has 3 N–H and O–H groups in total. The van der Waals surface area contributed by atoms with Crippen molar-refractivity contribution < 1.29 is 4.92 Å². The van der Waals surface area contributed by atoms with Crippen molar-refractivity contribution in [1.82, 2.24) is 4.90 Å². The monoisotopic (exact) mass is 312 g/mol. The van der Waals surface area contributed by atoms with Crippen molar-refractivity contribution in [3.05, 3.63) is 22.2 Å². The van der Waals surface area contributed by atoms with E-state index < -0.39 is 4.92 Å². The van der Waals surface area contributed by atoms with Gasteiger partial charge in [-0.05, 0) is 24.9 Å². The number of benzene rings is 1. The normalized spacial score (nSPS) is 10.9. The highest BCUT2D eigenvalue weighted by Crippen LogP contribution is 2.35. The Morgan fingerprint density at radius 3 is 2.52 bits per heavy atom. The Morgan fingerprint density at radius 2 is 2.00 bits per heavy atom. The second-order valence-electron chi connectivity index (χ2n) is 4.55. The fourth-order valence-corrected chi connectivity index (χ4v) is 2.85. The van der Waals surface area contributed by atoms with Crippen LogP contribution in [0, 0.1) is 10.1 Å². The van der Waals surface area contributed by atoms with Gasteiger partial charge in [-0.25, -0.2) is 0 Å². The summed E-state index contributed by atoms with van der Waals surface area (Å²) < 4.78 is 0. The molecule has 0 radical (unpaired) electrons. The van der Waals surface area contributed by atoms with E-state index in [1.807, 2.05) is 6.92 Å². The number of nitrogens with zero attached hydrogens (tertiary/aromatic N) is 2. The molecule has 0 bridgehead atoms. The number of rotatable bonds is 9. The van der Waals surface area contributed by atoms with Gasteiger partial charge in [-0.3, -0.25) is 10.1 Å². The van der Waals surface area contributed by atoms with Gasteiger partial charge in [-0.1, -0.05) is 20.8 Å². The maximum atomic E-state index is 11.0. The van der Waals surface area contributed by atoms with Crippen molar-refractivity contribution >= 4 is 28.8 Å². The molecule has 1 aromatic carbocycles. The van der Waals surface area contributed by atoms with E-state index in [1.54, 1.807) is 17.8 Å². The van der Waals surface area contributed by atoms with Gasteiger partial charge in [0.05, 0.1) is 10.6 Å². The van der Waals surface area contributed by atoms with E-state index in [1.165, 1.54) is 6.07 Å². The Balaban J connectivity index is 2.87. The van der Waals surface area contributed by atoms with Gasteiger partial charge in [0.25, 0.3) is 5.69 Å². The molecule has 0 aliphatic carbocycles. The minimum atomic E-state index is -0.439. The molecule has 0 saturated carbocycles. The first-order valence-corrected chi connectivity index (χ1v) is 8.18. The molecule has 0 aliphatic rings. The third kappa shape index (κ3) is 5.09. The predicted molar refractivity (Wildman–Crippen MR) is 90.2 cm³/mol. The molecule has 0 saturated heterocycles. The number of anilines is 2. The number of nitrogen functional groups attached to an aromatic ring is 1. The van der Waals surface area contributed by atoms with Gasteiger partial charge in [0.2, 0.25) is 0 Å². The second kappa shape index (κ2) is 8.74. The largest absolute Gasteiger partial charge is 0.393 e. The fraction of sp³-hybridized carbons (Fsp3) is 0.571. The summed E-state index contributed by atoms with van der Waals surface area (Å²) in [6, 6.07) is 3.22. The first kappa shape index (κ1) is 17.6. The highest BCUT2D eigenvalue weighted by atomic mass is 32.2. The fourth-order valence-electron chi connectivity index (χ4n) is 2.04. The van der Waals surface area contributed by atoms with Crippen molar-refractivity contribution in [2.24, 2.45) is 0 Å². The van der Waals surface area contributed by atoms with E-state index in [0.29, 0.717) is 0 Å². The quantitative estimate of drug-likeness (QED) is 0.315. The molecule has 1 aromatic rings. The van der Waals surface area contributed by atoms with Crippen molar-refractivity contribution in [3.63, 3.8) is 0 Å². The lowest BCUT2D eigenvalue weighted by atomic mass is 10.2. The van der Waals surface area contributed by atoms with Gasteiger partial charge in [0, 0.05) is 24.1 Å². The number of nitrogens with one attached hydrogen (secondary N) is 1. The summed E-state index contributed by atoms with van der Waals surface area (Å²) in [4.78, 5) is 13.8. The highest BCUT2D eigenvalue weighted by Gasteiger charge is 2.16. The van der Waals surface area contributed by atoms with E-state index in [9.17, 15) is 10.1 Å². The zero-order valence-electron chi connectivity index (χ0n) is 12.9. The molecule has 0 heterocycles. The summed E-state index contributed by atoms with van der Waals surface area (Å²) in [6.45, 7) is 9.93. The SMILES string of the molecule is CCSc1cc(N)c([N+](=O)[O-])cc1NCCN(CC)CC. The van der Waals surface area contributed by atoms with E-state index in [0.717, 1.165) is 42.5 Å². The summed E-state index contributed by atoms with van der Waals surface area (Å²) in [6.07, 6.45) is 0. The number of likely N-dealkylation sites (N-methyl/N-ethyl adjacent to an activating group) is 1. The van der Waals surface area contributed by atoms with Gasteiger partial charge in [0.1, 0.15) is 5.69 Å². The molecular weight excluding hydrogens is 288 g/mol. The Morgan fingerprint density at radius 1 is 1.33 bits per heavy atom. The summed E-state index contributed by atoms with van der Waals surface area (Å²) >= 11 is 1.63. The van der Waals surface area contributed by atoms with E-state index in [-0.39, 0.29) is 11.4 Å². The Kier molecular flexibility index (Phi) is 7.31. The van der Waals surface area contributed by atoms with E-state index in [4.69, 9.17) is 5.73 Å². The van der Waals surface area contributed by atoms with E-state index >= 15 is 0 Å². The molecule has 1 rings (SSSR count). The zero-order valence-corrected chi connectivity index (χ0v) is 13.7. The molecule has 0 atom stereocenters. The number of hydrogen-bond acceptors (Lipinski definition) is 6. The smallest absolute Gasteiger partial charge is 0.294 e. The van der Waals surface area contributed by atoms with Crippen molar-refractivity contribution in [2.75, 3.05) is 43.0 Å². The molecule has 7 heteroatoms. The van der Waals surface area contributed by atoms with Gasteiger partial charge < -0.3 is 16.0 Å². The van der Waals surface area contributed by atoms with Crippen LogP contribution in [0.1, 0.15) is 20.8 Å². The van der Waals surface area contributed by atoms with E-state index in [2.05, 4.69) is 24.1 Å². The minimum Gasteiger partial charge on any atom is -0.393 e. The van der Waals surface area contributed by atoms with Gasteiger partial charge in [0.15, 0.2) is 0 Å². The van der Waals surface area contributed by atoms with Crippen LogP contribution in [0.3, 0.4) is 0 Å². The highest BCUT2D eigenvalue weighted by molar-refractivity contribution is 7.99. The summed E-state index contributed by atoms with van der Waals surface area (Å²) in [5, 5.41) is 14.3. The number of nitrogens with two attached hydrogens (primary N) is 1. The molecule has 0 aromatic heterocycles. The standard InChI is InChI=1S/C14H24N4O2S/c1-4-17(5-2)8-7-16-12-10-13(18(19)20)11(15)9-14(12)21-6-3/h9-10,16H,4-8,15H2,1-3H3. The molecule has 0 fully saturated rings. The predicted octanol–water partition coefficient (Wildman–Crippen LogP) is 3.04. The zero-order chi connectivity index (χ0) is 15.8. The maximum absolute atomic E-state index is 11.0. The molecule has 118 valence electrons. The lowest BCUT2D eigenvalue weighted by molar-refractivity contribution is -0.383. The number of thioether (sulfide) groups is 1. The number of hydrogen-bond donors (Lipinski definition) is 2. The maximum Gasteiger partial charge on any atom is 0.294 e. The average molecular weight is 312 g/mol. The summed E-state index contributed by atoms with van der Waals surface area (Å²) in [5.74, 6) is 0.891. The summed E-state index contributed by atoms with van der Waals surface area (Å²) in [7, 11) is 0. The third-order valence-electron chi connectivity index (χ3n) is 3.26. The topological polar surface area (TPSA) is 84.4 Å². The molecule has 6 nitrogen and oxygen atoms in total. The van der Waals surface area contributed by atoms with Crippen molar-refractivity contribution in [1.29, 1.82) is 0 Å². The Bertz CT molecular complexity index is 478. The average Bonchev–Trinajstić information content (AvgIpc) is 2.45. The van der Waals surface area contributed by atoms with Crippen LogP contribution >= 0.6 is 11.8 Å². The van der Waals surface area contributed by atoms with Crippen LogP contribution in [-0.2, 0) is 0 Å². The molecule has 0 unspecified atom stereocenters. The molecule has 0 spiro atoms. The number of nitro benzene ring substituents is 1. The molecule has 0 aliphatic heterocycles.